The van der Waals surface area contributed by atoms with E-state index in [0.29, 0.717) is 40.6 Å². The second kappa shape index (κ2) is 10.2. The number of carbonyl (C=O) groups excluding carboxylic acids is 3. The van der Waals surface area contributed by atoms with Crippen molar-refractivity contribution in [3.05, 3.63) is 76.5 Å². The summed E-state index contributed by atoms with van der Waals surface area (Å²) >= 11 is 0.653. The number of carbonyl (C=O) groups is 3. The van der Waals surface area contributed by atoms with Crippen molar-refractivity contribution in [3.8, 4) is 5.75 Å². The van der Waals surface area contributed by atoms with Crippen LogP contribution >= 0.6 is 11.8 Å². The van der Waals surface area contributed by atoms with Gasteiger partial charge in [0.1, 0.15) is 12.3 Å². The van der Waals surface area contributed by atoms with Crippen LogP contribution in [-0.4, -0.2) is 35.1 Å². The minimum Gasteiger partial charge on any atom is -0.493 e. The third kappa shape index (κ3) is 5.02. The van der Waals surface area contributed by atoms with E-state index >= 15 is 0 Å². The topological polar surface area (TPSA) is 75.7 Å². The molecule has 1 aliphatic rings. The molecule has 1 aliphatic heterocycles. The lowest BCUT2D eigenvalue weighted by Crippen LogP contribution is -2.36. The van der Waals surface area contributed by atoms with Gasteiger partial charge in [-0.1, -0.05) is 37.3 Å². The molecule has 4 rings (SSSR count). The summed E-state index contributed by atoms with van der Waals surface area (Å²) in [6.45, 7) is 1.69. The molecule has 180 valence electrons. The summed E-state index contributed by atoms with van der Waals surface area (Å²) in [5, 5.41) is 3.09. The van der Waals surface area contributed by atoms with Crippen molar-refractivity contribution in [2.45, 2.75) is 13.3 Å². The van der Waals surface area contributed by atoms with Gasteiger partial charge in [-0.3, -0.25) is 19.3 Å². The third-order valence-corrected chi connectivity index (χ3v) is 6.06. The van der Waals surface area contributed by atoms with E-state index in [1.807, 2.05) is 37.3 Å². The molecule has 10 heteroatoms. The van der Waals surface area contributed by atoms with Crippen molar-refractivity contribution in [3.63, 3.8) is 0 Å². The number of rotatable bonds is 7. The maximum Gasteiger partial charge on any atom is 0.294 e. The van der Waals surface area contributed by atoms with Crippen molar-refractivity contribution >= 4 is 51.4 Å². The Hall–Kier alpha value is -3.79. The average Bonchev–Trinajstić information content (AvgIpc) is 3.11. The molecule has 1 heterocycles. The van der Waals surface area contributed by atoms with Crippen LogP contribution in [0.2, 0.25) is 0 Å². The molecule has 0 atom stereocenters. The second-order valence-corrected chi connectivity index (χ2v) is 8.58. The van der Waals surface area contributed by atoms with Crippen LogP contribution < -0.4 is 10.1 Å². The summed E-state index contributed by atoms with van der Waals surface area (Å²) in [5.41, 5.74) is 0.0141. The number of ether oxygens (including phenoxy) is 1. The first kappa shape index (κ1) is 24.3. The molecule has 3 amide bonds. The number of imide groups is 1. The Morgan fingerprint density at radius 3 is 2.60 bits per heavy atom. The van der Waals surface area contributed by atoms with E-state index in [4.69, 9.17) is 4.74 Å². The molecule has 0 aliphatic carbocycles. The summed E-state index contributed by atoms with van der Waals surface area (Å²) in [6.07, 6.45) is 2.32. The fourth-order valence-corrected chi connectivity index (χ4v) is 4.31. The first-order valence-corrected chi connectivity index (χ1v) is 11.4. The molecule has 35 heavy (non-hydrogen) atoms. The average molecular weight is 500 g/mol. The van der Waals surface area contributed by atoms with E-state index in [0.717, 1.165) is 23.3 Å². The lowest BCUT2D eigenvalue weighted by atomic mass is 10.0. The van der Waals surface area contributed by atoms with E-state index < -0.39 is 46.7 Å². The molecular formula is C25H19F3N2O4S. The molecule has 0 saturated carbocycles. The van der Waals surface area contributed by atoms with Crippen LogP contribution in [0, 0.1) is 17.5 Å². The van der Waals surface area contributed by atoms with Crippen LogP contribution in [0.5, 0.6) is 5.75 Å². The van der Waals surface area contributed by atoms with Gasteiger partial charge in [-0.2, -0.15) is 0 Å². The standard InChI is InChI=1S/C25H19F3N2O4S/c1-2-11-34-19-10-7-14-5-3-4-6-15(14)16(19)12-20-24(32)30(25(33)35-20)13-21(31)29-18-9-8-17(26)22(27)23(18)28/h3-10,12H,2,11,13H2,1H3,(H,29,31)/b20-12-. The highest BCUT2D eigenvalue weighted by Crippen LogP contribution is 2.37. The van der Waals surface area contributed by atoms with E-state index in [1.165, 1.54) is 0 Å². The monoisotopic (exact) mass is 500 g/mol. The highest BCUT2D eigenvalue weighted by molar-refractivity contribution is 8.18. The van der Waals surface area contributed by atoms with Crippen LogP contribution in [-0.2, 0) is 9.59 Å². The minimum absolute atomic E-state index is 0.0829. The Labute approximate surface area is 202 Å². The van der Waals surface area contributed by atoms with Gasteiger partial charge in [0.2, 0.25) is 5.91 Å². The predicted octanol–water partition coefficient (Wildman–Crippen LogP) is 5.72. The fraction of sp³-hybridized carbons (Fsp3) is 0.160. The van der Waals surface area contributed by atoms with Crippen LogP contribution in [0.3, 0.4) is 0 Å². The normalized spacial score (nSPS) is 14.7. The maximum absolute atomic E-state index is 13.8. The number of thioether (sulfide) groups is 1. The predicted molar refractivity (Wildman–Crippen MR) is 127 cm³/mol. The molecule has 6 nitrogen and oxygen atoms in total. The second-order valence-electron chi connectivity index (χ2n) is 7.59. The smallest absolute Gasteiger partial charge is 0.294 e. The summed E-state index contributed by atoms with van der Waals surface area (Å²) in [7, 11) is 0. The molecule has 1 fully saturated rings. The van der Waals surface area contributed by atoms with E-state index in [-0.39, 0.29) is 4.91 Å². The number of benzene rings is 3. The Balaban J connectivity index is 1.58. The first-order valence-electron chi connectivity index (χ1n) is 10.6. The maximum atomic E-state index is 13.8. The SMILES string of the molecule is CCCOc1ccc2ccccc2c1/C=C1\SC(=O)N(CC(=O)Nc2ccc(F)c(F)c2F)C1=O. The number of nitrogens with one attached hydrogen (secondary N) is 1. The number of hydrogen-bond donors (Lipinski definition) is 1. The first-order chi connectivity index (χ1) is 16.8. The Morgan fingerprint density at radius 2 is 1.83 bits per heavy atom. The van der Waals surface area contributed by atoms with Gasteiger partial charge in [0, 0.05) is 5.56 Å². The molecule has 0 spiro atoms. The quantitative estimate of drug-likeness (QED) is 0.332. The lowest BCUT2D eigenvalue weighted by Gasteiger charge is -2.13. The van der Waals surface area contributed by atoms with Crippen molar-refractivity contribution in [2.24, 2.45) is 0 Å². The van der Waals surface area contributed by atoms with Gasteiger partial charge >= 0.3 is 0 Å². The van der Waals surface area contributed by atoms with Crippen LogP contribution in [0.4, 0.5) is 23.7 Å². The molecule has 0 aromatic heterocycles. The van der Waals surface area contributed by atoms with Gasteiger partial charge in [-0.25, -0.2) is 13.2 Å². The van der Waals surface area contributed by atoms with Gasteiger partial charge in [0.15, 0.2) is 17.5 Å². The molecule has 0 bridgehead atoms. The van der Waals surface area contributed by atoms with E-state index in [2.05, 4.69) is 5.32 Å². The fourth-order valence-electron chi connectivity index (χ4n) is 3.49. The minimum atomic E-state index is -1.74. The lowest BCUT2D eigenvalue weighted by molar-refractivity contribution is -0.127. The summed E-state index contributed by atoms with van der Waals surface area (Å²) in [5.74, 6) is -5.85. The number of halogens is 3. The zero-order valence-corrected chi connectivity index (χ0v) is 19.3. The number of hydrogen-bond acceptors (Lipinski definition) is 5. The summed E-state index contributed by atoms with van der Waals surface area (Å²) in [4.78, 5) is 38.5. The summed E-state index contributed by atoms with van der Waals surface area (Å²) in [6, 6.07) is 12.7. The van der Waals surface area contributed by atoms with Crippen molar-refractivity contribution in [1.82, 2.24) is 4.90 Å². The van der Waals surface area contributed by atoms with Crippen LogP contribution in [0.15, 0.2) is 53.4 Å². The zero-order chi connectivity index (χ0) is 25.1. The van der Waals surface area contributed by atoms with E-state index in [1.54, 1.807) is 12.1 Å². The van der Waals surface area contributed by atoms with Gasteiger partial charge in [-0.15, -0.1) is 0 Å². The molecule has 3 aromatic rings. The van der Waals surface area contributed by atoms with Gasteiger partial charge in [-0.05, 0) is 53.2 Å². The largest absolute Gasteiger partial charge is 0.493 e. The van der Waals surface area contributed by atoms with E-state index in [9.17, 15) is 27.6 Å². The third-order valence-electron chi connectivity index (χ3n) is 5.15. The number of anilines is 1. The molecular weight excluding hydrogens is 481 g/mol. The van der Waals surface area contributed by atoms with Crippen molar-refractivity contribution < 1.29 is 32.3 Å². The highest BCUT2D eigenvalue weighted by atomic mass is 32.2. The number of amides is 3. The van der Waals surface area contributed by atoms with Crippen molar-refractivity contribution in [1.29, 1.82) is 0 Å². The molecule has 3 aromatic carbocycles. The van der Waals surface area contributed by atoms with Crippen LogP contribution in [0.1, 0.15) is 18.9 Å². The highest BCUT2D eigenvalue weighted by Gasteiger charge is 2.36. The number of nitrogens with zero attached hydrogens (tertiary/aromatic N) is 1. The molecule has 0 radical (unpaired) electrons. The Morgan fingerprint density at radius 1 is 1.06 bits per heavy atom. The van der Waals surface area contributed by atoms with Gasteiger partial charge in [0.25, 0.3) is 11.1 Å². The summed E-state index contributed by atoms with van der Waals surface area (Å²) < 4.78 is 46.2. The number of fused-ring (bicyclic) bond motifs is 1. The molecule has 0 unspecified atom stereocenters. The van der Waals surface area contributed by atoms with Gasteiger partial charge < -0.3 is 10.1 Å². The van der Waals surface area contributed by atoms with Gasteiger partial charge in [0.05, 0.1) is 17.2 Å². The van der Waals surface area contributed by atoms with Crippen LogP contribution in [0.25, 0.3) is 16.8 Å². The molecule has 1 saturated heterocycles. The Kier molecular flexibility index (Phi) is 7.11. The Bertz CT molecular complexity index is 1380. The molecule has 1 N–H and O–H groups in total. The van der Waals surface area contributed by atoms with Crippen molar-refractivity contribution in [2.75, 3.05) is 18.5 Å². The zero-order valence-electron chi connectivity index (χ0n) is 18.4.